The molecule has 0 spiro atoms. The Balaban J connectivity index is 1.81. The maximum Gasteiger partial charge on any atom is 0.282 e. The number of nitrogens with one attached hydrogen (secondary N) is 1. The maximum atomic E-state index is 13.7. The summed E-state index contributed by atoms with van der Waals surface area (Å²) in [5.74, 6) is -0.669. The van der Waals surface area contributed by atoms with E-state index in [0.29, 0.717) is 27.8 Å². The first-order valence-corrected chi connectivity index (χ1v) is 9.83. The number of nitrogens with zero attached hydrogens (tertiary/aromatic N) is 1. The van der Waals surface area contributed by atoms with Gasteiger partial charge in [0, 0.05) is 16.6 Å². The molecule has 3 aromatic rings. The van der Waals surface area contributed by atoms with Crippen molar-refractivity contribution in [2.24, 2.45) is 0 Å². The van der Waals surface area contributed by atoms with Crippen molar-refractivity contribution in [3.05, 3.63) is 76.4 Å². The van der Waals surface area contributed by atoms with Crippen molar-refractivity contribution < 1.29 is 23.5 Å². The van der Waals surface area contributed by atoms with Gasteiger partial charge in [-0.05, 0) is 41.8 Å². The summed E-state index contributed by atoms with van der Waals surface area (Å²) in [6, 6.07) is 14.1. The summed E-state index contributed by atoms with van der Waals surface area (Å²) in [5.41, 5.74) is 0.949. The monoisotopic (exact) mass is 424 g/mol. The highest BCUT2D eigenvalue weighted by atomic mass is 32.1. The molecule has 8 heteroatoms. The Morgan fingerprint density at radius 1 is 0.967 bits per heavy atom. The minimum atomic E-state index is -0.559. The molecule has 2 amide bonds. The first-order chi connectivity index (χ1) is 14.5. The molecule has 0 atom stereocenters. The van der Waals surface area contributed by atoms with E-state index >= 15 is 0 Å². The van der Waals surface area contributed by atoms with Crippen LogP contribution in [-0.4, -0.2) is 26.0 Å². The van der Waals surface area contributed by atoms with Gasteiger partial charge in [0.05, 0.1) is 25.5 Å². The van der Waals surface area contributed by atoms with Crippen molar-refractivity contribution in [2.75, 3.05) is 24.4 Å². The van der Waals surface area contributed by atoms with Crippen LogP contribution in [0.25, 0.3) is 5.57 Å². The van der Waals surface area contributed by atoms with Crippen LogP contribution < -0.4 is 19.7 Å². The highest BCUT2D eigenvalue weighted by molar-refractivity contribution is 7.11. The smallest absolute Gasteiger partial charge is 0.282 e. The molecule has 0 aliphatic carbocycles. The third kappa shape index (κ3) is 3.42. The SMILES string of the molecule is COc1ccc(N2C(=O)C(Nc3cccc(F)c3)=C(c3cccs3)C2=O)c(OC)c1. The molecule has 1 aliphatic rings. The van der Waals surface area contributed by atoms with Crippen molar-refractivity contribution in [3.8, 4) is 11.5 Å². The molecule has 1 N–H and O–H groups in total. The van der Waals surface area contributed by atoms with Gasteiger partial charge in [0.1, 0.15) is 23.0 Å². The third-order valence-corrected chi connectivity index (χ3v) is 5.46. The summed E-state index contributed by atoms with van der Waals surface area (Å²) in [6.07, 6.45) is 0. The Morgan fingerprint density at radius 3 is 2.47 bits per heavy atom. The molecule has 6 nitrogen and oxygen atoms in total. The van der Waals surface area contributed by atoms with E-state index in [1.807, 2.05) is 5.38 Å². The summed E-state index contributed by atoms with van der Waals surface area (Å²) < 4.78 is 24.2. The van der Waals surface area contributed by atoms with Crippen LogP contribution in [0.1, 0.15) is 4.88 Å². The van der Waals surface area contributed by atoms with Crippen LogP contribution in [0.4, 0.5) is 15.8 Å². The normalized spacial score (nSPS) is 13.8. The van der Waals surface area contributed by atoms with Crippen molar-refractivity contribution in [2.45, 2.75) is 0 Å². The van der Waals surface area contributed by atoms with Gasteiger partial charge in [0.2, 0.25) is 0 Å². The molecule has 30 heavy (non-hydrogen) atoms. The molecule has 2 aromatic carbocycles. The molecule has 0 saturated carbocycles. The number of imide groups is 1. The van der Waals surface area contributed by atoms with Crippen LogP contribution in [0.3, 0.4) is 0 Å². The van der Waals surface area contributed by atoms with E-state index in [2.05, 4.69) is 5.32 Å². The molecule has 1 aliphatic heterocycles. The topological polar surface area (TPSA) is 67.9 Å². The van der Waals surface area contributed by atoms with Gasteiger partial charge < -0.3 is 14.8 Å². The Morgan fingerprint density at radius 2 is 1.80 bits per heavy atom. The van der Waals surface area contributed by atoms with Crippen LogP contribution >= 0.6 is 11.3 Å². The van der Waals surface area contributed by atoms with Gasteiger partial charge in [-0.15, -0.1) is 11.3 Å². The number of carbonyl (C=O) groups excluding carboxylic acids is 2. The number of halogens is 1. The molecule has 0 fully saturated rings. The largest absolute Gasteiger partial charge is 0.497 e. The molecule has 0 unspecified atom stereocenters. The van der Waals surface area contributed by atoms with Gasteiger partial charge in [-0.25, -0.2) is 9.29 Å². The minimum absolute atomic E-state index is 0.0749. The predicted octanol–water partition coefficient (Wildman–Crippen LogP) is 4.30. The molecule has 0 saturated heterocycles. The van der Waals surface area contributed by atoms with Gasteiger partial charge >= 0.3 is 0 Å². The highest BCUT2D eigenvalue weighted by Gasteiger charge is 2.42. The van der Waals surface area contributed by atoms with E-state index in [1.54, 1.807) is 36.4 Å². The van der Waals surface area contributed by atoms with Gasteiger partial charge in [-0.1, -0.05) is 12.1 Å². The minimum Gasteiger partial charge on any atom is -0.497 e. The van der Waals surface area contributed by atoms with E-state index in [4.69, 9.17) is 9.47 Å². The number of methoxy groups -OCH3 is 2. The van der Waals surface area contributed by atoms with Crippen LogP contribution in [-0.2, 0) is 9.59 Å². The van der Waals surface area contributed by atoms with Crippen LogP contribution in [0.2, 0.25) is 0 Å². The molecule has 0 bridgehead atoms. The molecule has 2 heterocycles. The van der Waals surface area contributed by atoms with Crippen molar-refractivity contribution in [1.29, 1.82) is 0 Å². The molecular weight excluding hydrogens is 407 g/mol. The van der Waals surface area contributed by atoms with E-state index in [1.165, 1.54) is 43.8 Å². The second kappa shape index (κ2) is 8.00. The van der Waals surface area contributed by atoms with Crippen molar-refractivity contribution >= 4 is 40.1 Å². The van der Waals surface area contributed by atoms with Gasteiger partial charge in [0.15, 0.2) is 0 Å². The number of rotatable bonds is 6. The Bertz CT molecular complexity index is 1160. The predicted molar refractivity (Wildman–Crippen MR) is 113 cm³/mol. The second-order valence-electron chi connectivity index (χ2n) is 6.35. The Labute approximate surface area is 176 Å². The van der Waals surface area contributed by atoms with Gasteiger partial charge in [0.25, 0.3) is 11.8 Å². The number of thiophene rings is 1. The number of hydrogen-bond donors (Lipinski definition) is 1. The van der Waals surface area contributed by atoms with Gasteiger partial charge in [-0.3, -0.25) is 9.59 Å². The first-order valence-electron chi connectivity index (χ1n) is 8.95. The zero-order valence-corrected chi connectivity index (χ0v) is 17.0. The highest BCUT2D eigenvalue weighted by Crippen LogP contribution is 2.40. The van der Waals surface area contributed by atoms with E-state index in [0.717, 1.165) is 4.90 Å². The molecule has 1 aromatic heterocycles. The van der Waals surface area contributed by atoms with E-state index < -0.39 is 17.6 Å². The molecular formula is C22H17FN2O4S. The number of carbonyl (C=O) groups is 2. The number of hydrogen-bond acceptors (Lipinski definition) is 6. The molecule has 152 valence electrons. The summed E-state index contributed by atoms with van der Waals surface area (Å²) in [7, 11) is 2.96. The zero-order valence-electron chi connectivity index (χ0n) is 16.1. The summed E-state index contributed by atoms with van der Waals surface area (Å²) in [6.45, 7) is 0. The number of benzene rings is 2. The fraction of sp³-hybridized carbons (Fsp3) is 0.0909. The Hall–Kier alpha value is -3.65. The van der Waals surface area contributed by atoms with E-state index in [-0.39, 0.29) is 11.3 Å². The molecule has 0 radical (unpaired) electrons. The average Bonchev–Trinajstić information content (AvgIpc) is 3.35. The maximum absolute atomic E-state index is 13.7. The van der Waals surface area contributed by atoms with E-state index in [9.17, 15) is 14.0 Å². The number of ether oxygens (including phenoxy) is 2. The lowest BCUT2D eigenvalue weighted by atomic mass is 10.2. The van der Waals surface area contributed by atoms with Crippen LogP contribution in [0.15, 0.2) is 65.7 Å². The number of anilines is 2. The molecule has 4 rings (SSSR count). The quantitative estimate of drug-likeness (QED) is 0.598. The lowest BCUT2D eigenvalue weighted by molar-refractivity contribution is -0.120. The summed E-state index contributed by atoms with van der Waals surface area (Å²) >= 11 is 1.33. The standard InChI is InChI=1S/C22H17FN2O4S/c1-28-15-8-9-16(17(12-15)29-2)25-21(26)19(18-7-4-10-30-18)20(22(25)27)24-14-6-3-5-13(23)11-14/h3-12,24H,1-2H3. The summed E-state index contributed by atoms with van der Waals surface area (Å²) in [4.78, 5) is 28.4. The summed E-state index contributed by atoms with van der Waals surface area (Å²) in [5, 5.41) is 4.74. The fourth-order valence-electron chi connectivity index (χ4n) is 3.19. The first kappa shape index (κ1) is 19.7. The number of amides is 2. The van der Waals surface area contributed by atoms with Crippen LogP contribution in [0, 0.1) is 5.82 Å². The van der Waals surface area contributed by atoms with Gasteiger partial charge in [-0.2, -0.15) is 0 Å². The Kier molecular flexibility index (Phi) is 5.24. The van der Waals surface area contributed by atoms with Crippen molar-refractivity contribution in [3.63, 3.8) is 0 Å². The van der Waals surface area contributed by atoms with Crippen molar-refractivity contribution in [1.82, 2.24) is 0 Å². The second-order valence-corrected chi connectivity index (χ2v) is 7.29. The zero-order chi connectivity index (χ0) is 21.3. The lowest BCUT2D eigenvalue weighted by Gasteiger charge is -2.19. The fourth-order valence-corrected chi connectivity index (χ4v) is 3.96. The average molecular weight is 424 g/mol. The lowest BCUT2D eigenvalue weighted by Crippen LogP contribution is -2.32. The van der Waals surface area contributed by atoms with Crippen LogP contribution in [0.5, 0.6) is 11.5 Å². The third-order valence-electron chi connectivity index (χ3n) is 4.57.